The minimum absolute atomic E-state index is 0.122. The number of likely N-dealkylation sites (N-methyl/N-ethyl adjacent to an activating group) is 1. The lowest BCUT2D eigenvalue weighted by Gasteiger charge is -2.35. The molecule has 148 valence electrons. The molecule has 2 aromatic rings. The first-order valence-electron chi connectivity index (χ1n) is 9.23. The van der Waals surface area contributed by atoms with Crippen LogP contribution in [-0.4, -0.2) is 55.6 Å². The van der Waals surface area contributed by atoms with Crippen LogP contribution in [0.15, 0.2) is 42.5 Å². The third-order valence-corrected chi connectivity index (χ3v) is 4.95. The van der Waals surface area contributed by atoms with Crippen molar-refractivity contribution in [2.45, 2.75) is 6.92 Å². The molecule has 2 aromatic carbocycles. The fraction of sp³-hybridized carbons (Fsp3) is 0.350. The molecule has 0 spiro atoms. The van der Waals surface area contributed by atoms with Gasteiger partial charge in [-0.25, -0.2) is 0 Å². The highest BCUT2D eigenvalue weighted by atomic mass is 16.6. The number of amides is 1. The monoisotopic (exact) mass is 384 g/mol. The van der Waals surface area contributed by atoms with Crippen LogP contribution < -0.4 is 15.0 Å². The van der Waals surface area contributed by atoms with E-state index in [1.165, 1.54) is 25.3 Å². The van der Waals surface area contributed by atoms with E-state index in [1.807, 2.05) is 24.3 Å². The lowest BCUT2D eigenvalue weighted by molar-refractivity contribution is -0.384. The van der Waals surface area contributed by atoms with Crippen molar-refractivity contribution in [1.82, 2.24) is 4.90 Å². The molecule has 1 saturated heterocycles. The van der Waals surface area contributed by atoms with Gasteiger partial charge in [0.05, 0.1) is 17.6 Å². The first kappa shape index (κ1) is 19.6. The van der Waals surface area contributed by atoms with E-state index in [4.69, 9.17) is 4.74 Å². The quantitative estimate of drug-likeness (QED) is 0.608. The lowest BCUT2D eigenvalue weighted by Crippen LogP contribution is -2.46. The third-order valence-electron chi connectivity index (χ3n) is 4.95. The van der Waals surface area contributed by atoms with Crippen LogP contribution in [0.25, 0.3) is 0 Å². The van der Waals surface area contributed by atoms with Crippen molar-refractivity contribution < 1.29 is 14.5 Å². The molecule has 28 heavy (non-hydrogen) atoms. The van der Waals surface area contributed by atoms with Crippen LogP contribution in [-0.2, 0) is 0 Å². The number of rotatable bonds is 6. The van der Waals surface area contributed by atoms with Gasteiger partial charge in [-0.2, -0.15) is 0 Å². The van der Waals surface area contributed by atoms with Crippen molar-refractivity contribution in [3.05, 3.63) is 58.1 Å². The van der Waals surface area contributed by atoms with Gasteiger partial charge < -0.3 is 19.9 Å². The molecule has 0 unspecified atom stereocenters. The minimum Gasteiger partial charge on any atom is -0.496 e. The summed E-state index contributed by atoms with van der Waals surface area (Å²) >= 11 is 0. The number of nitrogens with zero attached hydrogens (tertiary/aromatic N) is 3. The van der Waals surface area contributed by atoms with E-state index in [0.29, 0.717) is 5.69 Å². The number of nitrogens with one attached hydrogen (secondary N) is 1. The molecule has 1 fully saturated rings. The van der Waals surface area contributed by atoms with Gasteiger partial charge in [0.2, 0.25) is 0 Å². The Balaban J connectivity index is 1.70. The minimum atomic E-state index is -0.538. The van der Waals surface area contributed by atoms with Crippen LogP contribution in [0.3, 0.4) is 0 Å². The number of hydrogen-bond acceptors (Lipinski definition) is 6. The van der Waals surface area contributed by atoms with Crippen LogP contribution in [0.4, 0.5) is 17.1 Å². The van der Waals surface area contributed by atoms with Gasteiger partial charge in [0.25, 0.3) is 11.6 Å². The molecule has 1 aliphatic heterocycles. The number of ether oxygens (including phenoxy) is 1. The SMILES string of the molecule is CCN1CCN(c2ccc(NC(=O)c3cc([N+](=O)[O-])ccc3OC)cc2)CC1. The summed E-state index contributed by atoms with van der Waals surface area (Å²) in [6.45, 7) is 7.28. The van der Waals surface area contributed by atoms with E-state index < -0.39 is 10.8 Å². The second-order valence-corrected chi connectivity index (χ2v) is 6.56. The number of methoxy groups -OCH3 is 1. The molecule has 1 amide bonds. The largest absolute Gasteiger partial charge is 0.496 e. The van der Waals surface area contributed by atoms with E-state index in [9.17, 15) is 14.9 Å². The first-order valence-corrected chi connectivity index (χ1v) is 9.23. The second-order valence-electron chi connectivity index (χ2n) is 6.56. The molecule has 1 N–H and O–H groups in total. The Morgan fingerprint density at radius 3 is 2.39 bits per heavy atom. The summed E-state index contributed by atoms with van der Waals surface area (Å²) in [7, 11) is 1.42. The van der Waals surface area contributed by atoms with Gasteiger partial charge in [0.1, 0.15) is 5.75 Å². The van der Waals surface area contributed by atoms with E-state index in [2.05, 4.69) is 22.0 Å². The van der Waals surface area contributed by atoms with E-state index in [-0.39, 0.29) is 17.0 Å². The Kier molecular flexibility index (Phi) is 6.10. The maximum atomic E-state index is 12.6. The molecule has 0 atom stereocenters. The standard InChI is InChI=1S/C20H24N4O4/c1-3-22-10-12-23(13-11-22)16-6-4-15(5-7-16)21-20(25)18-14-17(24(26)27)8-9-19(18)28-2/h4-9,14H,3,10-13H2,1-2H3,(H,21,25). The number of carbonyl (C=O) groups is 1. The molecule has 0 radical (unpaired) electrons. The molecule has 0 aromatic heterocycles. The highest BCUT2D eigenvalue weighted by Crippen LogP contribution is 2.26. The van der Waals surface area contributed by atoms with Crippen LogP contribution >= 0.6 is 0 Å². The highest BCUT2D eigenvalue weighted by molar-refractivity contribution is 6.06. The van der Waals surface area contributed by atoms with E-state index in [0.717, 1.165) is 38.4 Å². The first-order chi connectivity index (χ1) is 13.5. The summed E-state index contributed by atoms with van der Waals surface area (Å²) in [5, 5.41) is 13.8. The summed E-state index contributed by atoms with van der Waals surface area (Å²) in [6.07, 6.45) is 0. The summed E-state index contributed by atoms with van der Waals surface area (Å²) in [6, 6.07) is 11.6. The predicted molar refractivity (Wildman–Crippen MR) is 108 cm³/mol. The summed E-state index contributed by atoms with van der Waals surface area (Å²) < 4.78 is 5.16. The molecule has 1 aliphatic rings. The van der Waals surface area contributed by atoms with Crippen molar-refractivity contribution >= 4 is 23.0 Å². The second kappa shape index (κ2) is 8.71. The molecule has 0 saturated carbocycles. The number of nitro benzene ring substituents is 1. The molecule has 1 heterocycles. The smallest absolute Gasteiger partial charge is 0.270 e. The van der Waals surface area contributed by atoms with Gasteiger partial charge in [-0.1, -0.05) is 6.92 Å². The zero-order valence-corrected chi connectivity index (χ0v) is 16.1. The molecular formula is C20H24N4O4. The average molecular weight is 384 g/mol. The van der Waals surface area contributed by atoms with Crippen LogP contribution in [0, 0.1) is 10.1 Å². The maximum absolute atomic E-state index is 12.6. The average Bonchev–Trinajstić information content (AvgIpc) is 2.73. The molecular weight excluding hydrogens is 360 g/mol. The van der Waals surface area contributed by atoms with Crippen LogP contribution in [0.2, 0.25) is 0 Å². The number of hydrogen-bond donors (Lipinski definition) is 1. The van der Waals surface area contributed by atoms with E-state index >= 15 is 0 Å². The zero-order chi connectivity index (χ0) is 20.1. The topological polar surface area (TPSA) is 88.0 Å². The van der Waals surface area contributed by atoms with Crippen molar-refractivity contribution in [3.8, 4) is 5.75 Å². The van der Waals surface area contributed by atoms with E-state index in [1.54, 1.807) is 0 Å². The van der Waals surface area contributed by atoms with Crippen LogP contribution in [0.5, 0.6) is 5.75 Å². The van der Waals surface area contributed by atoms with Crippen molar-refractivity contribution in [1.29, 1.82) is 0 Å². The molecule has 0 aliphatic carbocycles. The fourth-order valence-electron chi connectivity index (χ4n) is 3.26. The Morgan fingerprint density at radius 1 is 1.14 bits per heavy atom. The number of piperazine rings is 1. The third kappa shape index (κ3) is 4.40. The molecule has 8 nitrogen and oxygen atoms in total. The maximum Gasteiger partial charge on any atom is 0.270 e. The van der Waals surface area contributed by atoms with Gasteiger partial charge >= 0.3 is 0 Å². The summed E-state index contributed by atoms with van der Waals surface area (Å²) in [5.41, 5.74) is 1.69. The lowest BCUT2D eigenvalue weighted by atomic mass is 10.1. The fourth-order valence-corrected chi connectivity index (χ4v) is 3.26. The number of benzene rings is 2. The van der Waals surface area contributed by atoms with Gasteiger partial charge in [-0.15, -0.1) is 0 Å². The highest BCUT2D eigenvalue weighted by Gasteiger charge is 2.18. The van der Waals surface area contributed by atoms with Gasteiger partial charge in [0, 0.05) is 49.7 Å². The number of nitro groups is 1. The Bertz CT molecular complexity index is 846. The number of non-ortho nitro benzene ring substituents is 1. The number of anilines is 2. The van der Waals surface area contributed by atoms with Crippen molar-refractivity contribution in [2.75, 3.05) is 50.1 Å². The number of carbonyl (C=O) groups excluding carboxylic acids is 1. The van der Waals surface area contributed by atoms with Crippen molar-refractivity contribution in [3.63, 3.8) is 0 Å². The molecule has 0 bridgehead atoms. The normalized spacial score (nSPS) is 14.6. The Hall–Kier alpha value is -3.13. The summed E-state index contributed by atoms with van der Waals surface area (Å²) in [4.78, 5) is 27.8. The van der Waals surface area contributed by atoms with Gasteiger partial charge in [-0.05, 0) is 36.9 Å². The molecule has 3 rings (SSSR count). The molecule has 8 heteroatoms. The Labute approximate surface area is 163 Å². The predicted octanol–water partition coefficient (Wildman–Crippen LogP) is 3.00. The summed E-state index contributed by atoms with van der Waals surface area (Å²) in [5.74, 6) is -0.168. The van der Waals surface area contributed by atoms with Crippen molar-refractivity contribution in [2.24, 2.45) is 0 Å². The Morgan fingerprint density at radius 2 is 1.82 bits per heavy atom. The van der Waals surface area contributed by atoms with Crippen LogP contribution in [0.1, 0.15) is 17.3 Å². The van der Waals surface area contributed by atoms with Gasteiger partial charge in [-0.3, -0.25) is 14.9 Å². The zero-order valence-electron chi connectivity index (χ0n) is 16.1. The van der Waals surface area contributed by atoms with Gasteiger partial charge in [0.15, 0.2) is 0 Å².